The summed E-state index contributed by atoms with van der Waals surface area (Å²) in [6.07, 6.45) is 1.65. The first-order valence-corrected chi connectivity index (χ1v) is 11.7. The molecule has 0 aliphatic carbocycles. The molecule has 0 saturated carbocycles. The van der Waals surface area contributed by atoms with Crippen molar-refractivity contribution in [2.45, 2.75) is 20.8 Å². The molecule has 0 saturated heterocycles. The van der Waals surface area contributed by atoms with Crippen molar-refractivity contribution >= 4 is 28.8 Å². The van der Waals surface area contributed by atoms with E-state index in [9.17, 15) is 9.59 Å². The molecule has 2 heterocycles. The van der Waals surface area contributed by atoms with Crippen molar-refractivity contribution in [3.8, 4) is 23.0 Å². The lowest BCUT2D eigenvalue weighted by Gasteiger charge is -2.07. The van der Waals surface area contributed by atoms with E-state index in [2.05, 4.69) is 0 Å². The van der Waals surface area contributed by atoms with Crippen LogP contribution in [0.2, 0.25) is 0 Å². The Hall–Kier alpha value is -4.52. The molecule has 182 valence electrons. The normalized spacial score (nSPS) is 13.5. The van der Waals surface area contributed by atoms with E-state index in [0.29, 0.717) is 58.3 Å². The Morgan fingerprint density at radius 2 is 1.72 bits per heavy atom. The van der Waals surface area contributed by atoms with Gasteiger partial charge in [-0.25, -0.2) is 4.79 Å². The number of rotatable bonds is 7. The van der Waals surface area contributed by atoms with Crippen LogP contribution in [0.3, 0.4) is 0 Å². The fraction of sp³-hybridized carbons (Fsp3) is 0.172. The second kappa shape index (κ2) is 9.62. The predicted molar refractivity (Wildman–Crippen MR) is 134 cm³/mol. The summed E-state index contributed by atoms with van der Waals surface area (Å²) < 4.78 is 28.4. The van der Waals surface area contributed by atoms with E-state index in [4.69, 9.17) is 23.4 Å². The number of ether oxygens (including phenoxy) is 4. The molecule has 7 nitrogen and oxygen atoms in total. The quantitative estimate of drug-likeness (QED) is 0.171. The highest BCUT2D eigenvalue weighted by molar-refractivity contribution is 6.14. The molecule has 4 aromatic rings. The monoisotopic (exact) mass is 484 g/mol. The predicted octanol–water partition coefficient (Wildman–Crippen LogP) is 6.37. The molecule has 5 rings (SSSR count). The Balaban J connectivity index is 1.40. The number of carbonyl (C=O) groups is 2. The van der Waals surface area contributed by atoms with Crippen LogP contribution in [0.15, 0.2) is 70.8 Å². The lowest BCUT2D eigenvalue weighted by atomic mass is 10.1. The molecule has 1 aromatic heterocycles. The summed E-state index contributed by atoms with van der Waals surface area (Å²) in [6, 6.07) is 17.4. The molecule has 0 spiro atoms. The number of hydrogen-bond donors (Lipinski definition) is 0. The molecule has 0 bridgehead atoms. The van der Waals surface area contributed by atoms with Crippen LogP contribution < -0.4 is 18.9 Å². The molecule has 0 unspecified atom stereocenters. The minimum absolute atomic E-state index is 0.167. The summed E-state index contributed by atoms with van der Waals surface area (Å²) in [7, 11) is 0. The highest BCUT2D eigenvalue weighted by Crippen LogP contribution is 2.37. The lowest BCUT2D eigenvalue weighted by molar-refractivity contribution is 0.0734. The lowest BCUT2D eigenvalue weighted by Crippen LogP contribution is -2.09. The minimum atomic E-state index is -0.578. The third-order valence-electron chi connectivity index (χ3n) is 5.71. The van der Waals surface area contributed by atoms with Crippen LogP contribution in [0, 0.1) is 6.92 Å². The molecule has 1 aliphatic heterocycles. The first-order chi connectivity index (χ1) is 17.5. The van der Waals surface area contributed by atoms with Gasteiger partial charge in [0.1, 0.15) is 39.9 Å². The number of ketones is 1. The van der Waals surface area contributed by atoms with Gasteiger partial charge in [-0.2, -0.15) is 0 Å². The Morgan fingerprint density at radius 1 is 0.944 bits per heavy atom. The number of benzene rings is 3. The standard InChI is InChI=1S/C29H24O7/c1-4-32-19-11-13-24-22(15-19)27(17(3)34-24)29(31)35-20-10-12-21-25(16-20)36-26(28(21)30)14-18-8-6-7-9-23(18)33-5-2/h6-16H,4-5H2,1-3H3. The zero-order valence-electron chi connectivity index (χ0n) is 20.1. The van der Waals surface area contributed by atoms with Crippen LogP contribution >= 0.6 is 0 Å². The maximum Gasteiger partial charge on any atom is 0.347 e. The van der Waals surface area contributed by atoms with Crippen molar-refractivity contribution in [2.24, 2.45) is 0 Å². The van der Waals surface area contributed by atoms with E-state index >= 15 is 0 Å². The van der Waals surface area contributed by atoms with Gasteiger partial charge in [0, 0.05) is 17.0 Å². The number of fused-ring (bicyclic) bond motifs is 2. The van der Waals surface area contributed by atoms with E-state index in [1.54, 1.807) is 43.3 Å². The van der Waals surface area contributed by atoms with Crippen LogP contribution in [-0.2, 0) is 0 Å². The highest BCUT2D eigenvalue weighted by Gasteiger charge is 2.29. The molecule has 0 fully saturated rings. The van der Waals surface area contributed by atoms with Crippen molar-refractivity contribution in [3.63, 3.8) is 0 Å². The molecule has 36 heavy (non-hydrogen) atoms. The first kappa shape index (κ1) is 23.2. The van der Waals surface area contributed by atoms with Crippen molar-refractivity contribution in [3.05, 3.63) is 88.9 Å². The molecular weight excluding hydrogens is 460 g/mol. The van der Waals surface area contributed by atoms with Crippen molar-refractivity contribution in [1.29, 1.82) is 0 Å². The average Bonchev–Trinajstić information content (AvgIpc) is 3.35. The fourth-order valence-electron chi connectivity index (χ4n) is 4.13. The van der Waals surface area contributed by atoms with E-state index in [1.165, 1.54) is 6.07 Å². The largest absolute Gasteiger partial charge is 0.494 e. The number of hydrogen-bond acceptors (Lipinski definition) is 7. The molecule has 7 heteroatoms. The Kier molecular flexibility index (Phi) is 6.21. The van der Waals surface area contributed by atoms with Gasteiger partial charge in [-0.3, -0.25) is 4.79 Å². The van der Waals surface area contributed by atoms with Gasteiger partial charge in [0.15, 0.2) is 5.76 Å². The van der Waals surface area contributed by atoms with E-state index < -0.39 is 5.97 Å². The number of esters is 1. The van der Waals surface area contributed by atoms with Gasteiger partial charge in [0.25, 0.3) is 0 Å². The molecule has 0 radical (unpaired) electrons. The zero-order valence-corrected chi connectivity index (χ0v) is 20.1. The van der Waals surface area contributed by atoms with Gasteiger partial charge >= 0.3 is 5.97 Å². The minimum Gasteiger partial charge on any atom is -0.494 e. The number of para-hydroxylation sites is 1. The maximum atomic E-state index is 13.1. The van der Waals surface area contributed by atoms with Crippen LogP contribution in [0.5, 0.6) is 23.0 Å². The summed E-state index contributed by atoms with van der Waals surface area (Å²) in [5.41, 5.74) is 2.00. The Labute approximate surface area is 207 Å². The SMILES string of the molecule is CCOc1ccc2oc(C)c(C(=O)Oc3ccc4c(c3)OC(=Cc3ccccc3OCC)C4=O)c2c1. The second-order valence-corrected chi connectivity index (χ2v) is 8.08. The van der Waals surface area contributed by atoms with Gasteiger partial charge in [-0.05, 0) is 63.2 Å². The molecule has 1 aliphatic rings. The maximum absolute atomic E-state index is 13.1. The number of carbonyl (C=O) groups excluding carboxylic acids is 2. The smallest absolute Gasteiger partial charge is 0.347 e. The van der Waals surface area contributed by atoms with Crippen LogP contribution in [0.4, 0.5) is 0 Å². The van der Waals surface area contributed by atoms with Crippen LogP contribution in [0.25, 0.3) is 17.0 Å². The van der Waals surface area contributed by atoms with Gasteiger partial charge in [-0.15, -0.1) is 0 Å². The highest BCUT2D eigenvalue weighted by atomic mass is 16.5. The van der Waals surface area contributed by atoms with E-state index in [0.717, 1.165) is 5.56 Å². The Bertz CT molecular complexity index is 1510. The van der Waals surface area contributed by atoms with Gasteiger partial charge < -0.3 is 23.4 Å². The van der Waals surface area contributed by atoms with Crippen molar-refractivity contribution < 1.29 is 33.0 Å². The molecule has 3 aromatic carbocycles. The first-order valence-electron chi connectivity index (χ1n) is 11.7. The van der Waals surface area contributed by atoms with Crippen molar-refractivity contribution in [1.82, 2.24) is 0 Å². The summed E-state index contributed by atoms with van der Waals surface area (Å²) in [5.74, 6) is 1.63. The molecule has 0 amide bonds. The fourth-order valence-corrected chi connectivity index (χ4v) is 4.13. The second-order valence-electron chi connectivity index (χ2n) is 8.08. The van der Waals surface area contributed by atoms with Gasteiger partial charge in [0.05, 0.1) is 18.8 Å². The third kappa shape index (κ3) is 4.31. The molecule has 0 N–H and O–H groups in total. The van der Waals surface area contributed by atoms with Gasteiger partial charge in [-0.1, -0.05) is 18.2 Å². The summed E-state index contributed by atoms with van der Waals surface area (Å²) in [4.78, 5) is 26.0. The summed E-state index contributed by atoms with van der Waals surface area (Å²) >= 11 is 0. The van der Waals surface area contributed by atoms with E-state index in [1.807, 2.05) is 38.1 Å². The van der Waals surface area contributed by atoms with Crippen molar-refractivity contribution in [2.75, 3.05) is 13.2 Å². The topological polar surface area (TPSA) is 84.2 Å². The number of aryl methyl sites for hydroxylation is 1. The number of furan rings is 1. The zero-order chi connectivity index (χ0) is 25.2. The number of allylic oxidation sites excluding steroid dienone is 1. The Morgan fingerprint density at radius 3 is 2.53 bits per heavy atom. The van der Waals surface area contributed by atoms with Gasteiger partial charge in [0.2, 0.25) is 5.78 Å². The summed E-state index contributed by atoms with van der Waals surface area (Å²) in [6.45, 7) is 6.50. The summed E-state index contributed by atoms with van der Waals surface area (Å²) in [5, 5.41) is 0.606. The molecule has 0 atom stereocenters. The van der Waals surface area contributed by atoms with E-state index in [-0.39, 0.29) is 17.3 Å². The average molecular weight is 485 g/mol. The molecular formula is C29H24O7. The van der Waals surface area contributed by atoms with Crippen LogP contribution in [-0.4, -0.2) is 25.0 Å². The number of Topliss-reactive ketones (excluding diaryl/α,β-unsaturated/α-hetero) is 1. The van der Waals surface area contributed by atoms with Crippen LogP contribution in [0.1, 0.15) is 45.9 Å². The third-order valence-corrected chi connectivity index (χ3v) is 5.71.